The Bertz CT molecular complexity index is 776. The molecular formula is C19H22N2O3. The average molecular weight is 326 g/mol. The first-order valence-corrected chi connectivity index (χ1v) is 8.12. The number of piperazine rings is 1. The molecule has 1 aromatic heterocycles. The molecule has 0 saturated carbocycles. The number of furan rings is 1. The van der Waals surface area contributed by atoms with Gasteiger partial charge in [0.1, 0.15) is 18.1 Å². The number of aryl methyl sites for hydroxylation is 3. The third-order valence-electron chi connectivity index (χ3n) is 4.46. The van der Waals surface area contributed by atoms with E-state index >= 15 is 0 Å². The molecule has 1 aliphatic rings. The van der Waals surface area contributed by atoms with Gasteiger partial charge in [-0.05, 0) is 45.9 Å². The number of hydrogen-bond donors (Lipinski definition) is 0. The molecule has 2 amide bonds. The molecule has 1 saturated heterocycles. The quantitative estimate of drug-likeness (QED) is 0.852. The Balaban J connectivity index is 1.80. The number of carbonyl (C=O) groups is 2. The smallest absolute Gasteiger partial charge is 0.258 e. The molecule has 1 unspecified atom stereocenters. The lowest BCUT2D eigenvalue weighted by Crippen LogP contribution is -2.57. The number of hydrogen-bond acceptors (Lipinski definition) is 3. The summed E-state index contributed by atoms with van der Waals surface area (Å²) in [5, 5.41) is 0. The van der Waals surface area contributed by atoms with Crippen LogP contribution in [-0.4, -0.2) is 35.8 Å². The van der Waals surface area contributed by atoms with Gasteiger partial charge in [-0.3, -0.25) is 9.59 Å². The van der Waals surface area contributed by atoms with Crippen molar-refractivity contribution in [3.63, 3.8) is 0 Å². The molecule has 1 atom stereocenters. The predicted octanol–water partition coefficient (Wildman–Crippen LogP) is 3.08. The standard InChI is InChI=1S/C19H22N2O3/c1-12-5-7-16(8-6-12)21-10-13(2)20(11-18(21)22)19(23)17-9-14(3)24-15(17)4/h5-9,13H,10-11H2,1-4H3. The molecule has 0 radical (unpaired) electrons. The van der Waals surface area contributed by atoms with Crippen LogP contribution in [0.1, 0.15) is 34.4 Å². The van der Waals surface area contributed by atoms with Crippen LogP contribution >= 0.6 is 0 Å². The zero-order valence-corrected chi connectivity index (χ0v) is 14.5. The molecule has 0 bridgehead atoms. The van der Waals surface area contributed by atoms with Crippen LogP contribution in [0.4, 0.5) is 5.69 Å². The molecule has 2 heterocycles. The molecule has 1 aromatic carbocycles. The summed E-state index contributed by atoms with van der Waals surface area (Å²) < 4.78 is 5.45. The highest BCUT2D eigenvalue weighted by atomic mass is 16.3. The van der Waals surface area contributed by atoms with Crippen LogP contribution in [0.25, 0.3) is 0 Å². The van der Waals surface area contributed by atoms with Crippen LogP contribution in [0.3, 0.4) is 0 Å². The Kier molecular flexibility index (Phi) is 4.18. The lowest BCUT2D eigenvalue weighted by Gasteiger charge is -2.39. The minimum Gasteiger partial charge on any atom is -0.466 e. The highest BCUT2D eigenvalue weighted by Crippen LogP contribution is 2.23. The molecule has 2 aromatic rings. The van der Waals surface area contributed by atoms with E-state index in [0.29, 0.717) is 23.6 Å². The van der Waals surface area contributed by atoms with Crippen molar-refractivity contribution in [2.75, 3.05) is 18.0 Å². The molecule has 1 fully saturated rings. The first-order valence-electron chi connectivity index (χ1n) is 8.12. The first-order chi connectivity index (χ1) is 11.4. The van der Waals surface area contributed by atoms with Gasteiger partial charge in [0.25, 0.3) is 5.91 Å². The van der Waals surface area contributed by atoms with Crippen LogP contribution in [0.15, 0.2) is 34.7 Å². The van der Waals surface area contributed by atoms with E-state index in [9.17, 15) is 9.59 Å². The number of rotatable bonds is 2. The van der Waals surface area contributed by atoms with Gasteiger partial charge in [0.15, 0.2) is 0 Å². The largest absolute Gasteiger partial charge is 0.466 e. The molecule has 1 aliphatic heterocycles. The van der Waals surface area contributed by atoms with Crippen molar-refractivity contribution in [2.24, 2.45) is 0 Å². The molecule has 0 spiro atoms. The fourth-order valence-electron chi connectivity index (χ4n) is 3.10. The van der Waals surface area contributed by atoms with E-state index in [0.717, 1.165) is 11.3 Å². The highest BCUT2D eigenvalue weighted by molar-refractivity contribution is 6.02. The van der Waals surface area contributed by atoms with E-state index < -0.39 is 0 Å². The number of carbonyl (C=O) groups excluding carboxylic acids is 2. The Morgan fingerprint density at radius 2 is 1.83 bits per heavy atom. The molecule has 5 heteroatoms. The zero-order chi connectivity index (χ0) is 17.4. The minimum atomic E-state index is -0.145. The summed E-state index contributed by atoms with van der Waals surface area (Å²) in [6.45, 7) is 8.14. The van der Waals surface area contributed by atoms with Crippen molar-refractivity contribution in [3.8, 4) is 0 Å². The molecule has 0 N–H and O–H groups in total. The van der Waals surface area contributed by atoms with Crippen molar-refractivity contribution in [1.82, 2.24) is 4.90 Å². The number of anilines is 1. The van der Waals surface area contributed by atoms with E-state index in [1.807, 2.05) is 45.0 Å². The van der Waals surface area contributed by atoms with Gasteiger partial charge in [0.2, 0.25) is 5.91 Å². The Labute approximate surface area is 141 Å². The highest BCUT2D eigenvalue weighted by Gasteiger charge is 2.34. The van der Waals surface area contributed by atoms with Gasteiger partial charge in [-0.15, -0.1) is 0 Å². The molecule has 3 rings (SSSR count). The maximum atomic E-state index is 12.8. The maximum Gasteiger partial charge on any atom is 0.258 e. The Morgan fingerprint density at radius 1 is 1.17 bits per heavy atom. The van der Waals surface area contributed by atoms with E-state index in [1.165, 1.54) is 0 Å². The van der Waals surface area contributed by atoms with Gasteiger partial charge in [-0.2, -0.15) is 0 Å². The Morgan fingerprint density at radius 3 is 2.42 bits per heavy atom. The van der Waals surface area contributed by atoms with Gasteiger partial charge in [0, 0.05) is 18.3 Å². The van der Waals surface area contributed by atoms with E-state index in [-0.39, 0.29) is 24.4 Å². The molecule has 0 aliphatic carbocycles. The summed E-state index contributed by atoms with van der Waals surface area (Å²) in [6.07, 6.45) is 0. The van der Waals surface area contributed by atoms with Crippen LogP contribution in [0, 0.1) is 20.8 Å². The van der Waals surface area contributed by atoms with Crippen LogP contribution in [-0.2, 0) is 4.79 Å². The van der Waals surface area contributed by atoms with Gasteiger partial charge >= 0.3 is 0 Å². The molecule has 5 nitrogen and oxygen atoms in total. The zero-order valence-electron chi connectivity index (χ0n) is 14.5. The average Bonchev–Trinajstić information content (AvgIpc) is 2.88. The van der Waals surface area contributed by atoms with Gasteiger partial charge in [-0.25, -0.2) is 0 Å². The fourth-order valence-corrected chi connectivity index (χ4v) is 3.10. The first kappa shape index (κ1) is 16.3. The number of amides is 2. The molecular weight excluding hydrogens is 304 g/mol. The van der Waals surface area contributed by atoms with E-state index in [1.54, 1.807) is 22.8 Å². The lowest BCUT2D eigenvalue weighted by atomic mass is 10.1. The van der Waals surface area contributed by atoms with Crippen molar-refractivity contribution in [1.29, 1.82) is 0 Å². The summed E-state index contributed by atoms with van der Waals surface area (Å²) in [7, 11) is 0. The second-order valence-electron chi connectivity index (χ2n) is 6.45. The summed E-state index contributed by atoms with van der Waals surface area (Å²) in [6, 6.07) is 9.54. The van der Waals surface area contributed by atoms with Gasteiger partial charge < -0.3 is 14.2 Å². The maximum absolute atomic E-state index is 12.8. The number of benzene rings is 1. The summed E-state index contributed by atoms with van der Waals surface area (Å²) in [5.41, 5.74) is 2.56. The summed E-state index contributed by atoms with van der Waals surface area (Å²) >= 11 is 0. The second kappa shape index (κ2) is 6.15. The minimum absolute atomic E-state index is 0.0638. The topological polar surface area (TPSA) is 53.8 Å². The van der Waals surface area contributed by atoms with Crippen LogP contribution in [0.2, 0.25) is 0 Å². The SMILES string of the molecule is Cc1ccc(N2CC(C)N(C(=O)c3cc(C)oc3C)CC2=O)cc1. The van der Waals surface area contributed by atoms with Gasteiger partial charge in [0.05, 0.1) is 5.56 Å². The van der Waals surface area contributed by atoms with Crippen molar-refractivity contribution < 1.29 is 14.0 Å². The van der Waals surface area contributed by atoms with Crippen molar-refractivity contribution in [2.45, 2.75) is 33.7 Å². The third-order valence-corrected chi connectivity index (χ3v) is 4.46. The van der Waals surface area contributed by atoms with E-state index in [2.05, 4.69) is 0 Å². The normalized spacial score (nSPS) is 18.2. The van der Waals surface area contributed by atoms with Crippen LogP contribution < -0.4 is 4.90 Å². The third kappa shape index (κ3) is 2.94. The monoisotopic (exact) mass is 326 g/mol. The van der Waals surface area contributed by atoms with E-state index in [4.69, 9.17) is 4.42 Å². The Hall–Kier alpha value is -2.56. The van der Waals surface area contributed by atoms with Crippen molar-refractivity contribution >= 4 is 17.5 Å². The van der Waals surface area contributed by atoms with Crippen molar-refractivity contribution in [3.05, 3.63) is 53.0 Å². The second-order valence-corrected chi connectivity index (χ2v) is 6.45. The summed E-state index contributed by atoms with van der Waals surface area (Å²) in [4.78, 5) is 28.7. The van der Waals surface area contributed by atoms with Crippen LogP contribution in [0.5, 0.6) is 0 Å². The number of nitrogens with zero attached hydrogens (tertiary/aromatic N) is 2. The molecule has 24 heavy (non-hydrogen) atoms. The lowest BCUT2D eigenvalue weighted by molar-refractivity contribution is -0.121. The summed E-state index contributed by atoms with van der Waals surface area (Å²) in [5.74, 6) is 1.09. The fraction of sp³-hybridized carbons (Fsp3) is 0.368. The van der Waals surface area contributed by atoms with Gasteiger partial charge in [-0.1, -0.05) is 17.7 Å². The molecule has 126 valence electrons. The predicted molar refractivity (Wildman–Crippen MR) is 92.2 cm³/mol.